The molecular weight excluding hydrogens is 276 g/mol. The number of hydrogen-bond donors (Lipinski definition) is 0. The third-order valence-electron chi connectivity index (χ3n) is 4.51. The van der Waals surface area contributed by atoms with Gasteiger partial charge in [-0.25, -0.2) is 0 Å². The van der Waals surface area contributed by atoms with E-state index in [1.165, 1.54) is 5.56 Å². The smallest absolute Gasteiger partial charge is 0.248 e. The summed E-state index contributed by atoms with van der Waals surface area (Å²) >= 11 is 0. The summed E-state index contributed by atoms with van der Waals surface area (Å²) in [5, 5.41) is 0. The zero-order chi connectivity index (χ0) is 15.9. The van der Waals surface area contributed by atoms with E-state index >= 15 is 0 Å². The molecule has 1 aromatic carbocycles. The Morgan fingerprint density at radius 1 is 1.36 bits per heavy atom. The van der Waals surface area contributed by atoms with Crippen molar-refractivity contribution >= 4 is 5.91 Å². The summed E-state index contributed by atoms with van der Waals surface area (Å²) in [5.41, 5.74) is 1.36. The topological polar surface area (TPSA) is 32.8 Å². The van der Waals surface area contributed by atoms with Gasteiger partial charge in [0.2, 0.25) is 5.91 Å². The molecule has 4 heteroatoms. The second kappa shape index (κ2) is 8.30. The third kappa shape index (κ3) is 4.55. The van der Waals surface area contributed by atoms with E-state index in [1.54, 1.807) is 0 Å². The van der Waals surface area contributed by atoms with Gasteiger partial charge in [0.25, 0.3) is 0 Å². The zero-order valence-corrected chi connectivity index (χ0v) is 14.0. The molecule has 22 heavy (non-hydrogen) atoms. The van der Waals surface area contributed by atoms with E-state index in [-0.39, 0.29) is 12.5 Å². The van der Waals surface area contributed by atoms with Crippen molar-refractivity contribution < 1.29 is 9.53 Å². The highest BCUT2D eigenvalue weighted by Crippen LogP contribution is 2.22. The Balaban J connectivity index is 1.85. The van der Waals surface area contributed by atoms with Gasteiger partial charge in [0.05, 0.1) is 0 Å². The Labute approximate surface area is 134 Å². The van der Waals surface area contributed by atoms with Crippen molar-refractivity contribution in [2.45, 2.75) is 32.9 Å². The first kappa shape index (κ1) is 17.0. The summed E-state index contributed by atoms with van der Waals surface area (Å²) < 4.78 is 5.24. The normalized spacial score (nSPS) is 22.5. The number of amides is 1. The maximum Gasteiger partial charge on any atom is 0.248 e. The Morgan fingerprint density at radius 2 is 2.09 bits per heavy atom. The number of likely N-dealkylation sites (tertiary alicyclic amines) is 1. The Kier molecular flexibility index (Phi) is 6.40. The fraction of sp³-hybridized carbons (Fsp3) is 0.611. The van der Waals surface area contributed by atoms with Gasteiger partial charge < -0.3 is 9.64 Å². The quantitative estimate of drug-likeness (QED) is 0.809. The predicted octanol–water partition coefficient (Wildman–Crippen LogP) is 2.39. The Bertz CT molecular complexity index is 463. The fourth-order valence-electron chi connectivity index (χ4n) is 3.26. The lowest BCUT2D eigenvalue weighted by Crippen LogP contribution is -2.51. The molecule has 0 bridgehead atoms. The first-order valence-electron chi connectivity index (χ1n) is 8.21. The summed E-state index contributed by atoms with van der Waals surface area (Å²) in [7, 11) is 1.91. The Morgan fingerprint density at radius 3 is 2.73 bits per heavy atom. The van der Waals surface area contributed by atoms with Crippen molar-refractivity contribution in [2.75, 3.05) is 33.4 Å². The highest BCUT2D eigenvalue weighted by Gasteiger charge is 2.30. The standard InChI is InChI=1S/C18H28N2O2/c1-4-22-14-18(21)19(3)17-10-11-20(12-15(17)2)13-16-8-6-5-7-9-16/h5-9,15,17H,4,10-14H2,1-3H3. The number of hydrogen-bond acceptors (Lipinski definition) is 3. The number of ether oxygens (including phenoxy) is 1. The average molecular weight is 304 g/mol. The van der Waals surface area contributed by atoms with Crippen LogP contribution in [0.5, 0.6) is 0 Å². The molecule has 1 aromatic rings. The maximum absolute atomic E-state index is 12.1. The van der Waals surface area contributed by atoms with Crippen LogP contribution in [-0.2, 0) is 16.1 Å². The summed E-state index contributed by atoms with van der Waals surface area (Å²) in [4.78, 5) is 16.5. The SMILES string of the molecule is CCOCC(=O)N(C)C1CCN(Cc2ccccc2)CC1C. The van der Waals surface area contributed by atoms with Crippen LogP contribution in [0.2, 0.25) is 0 Å². The molecule has 2 unspecified atom stereocenters. The van der Waals surface area contributed by atoms with Gasteiger partial charge in [-0.2, -0.15) is 0 Å². The molecule has 0 aromatic heterocycles. The first-order chi connectivity index (χ1) is 10.6. The van der Waals surface area contributed by atoms with Crippen LogP contribution in [0, 0.1) is 5.92 Å². The number of piperidine rings is 1. The van der Waals surface area contributed by atoms with Crippen LogP contribution < -0.4 is 0 Å². The number of carbonyl (C=O) groups is 1. The van der Waals surface area contributed by atoms with Gasteiger partial charge in [-0.3, -0.25) is 9.69 Å². The van der Waals surface area contributed by atoms with Crippen molar-refractivity contribution in [1.29, 1.82) is 0 Å². The lowest BCUT2D eigenvalue weighted by atomic mass is 9.92. The number of likely N-dealkylation sites (N-methyl/N-ethyl adjacent to an activating group) is 1. The van der Waals surface area contributed by atoms with E-state index in [2.05, 4.69) is 42.2 Å². The molecule has 1 saturated heterocycles. The summed E-state index contributed by atoms with van der Waals surface area (Å²) in [6.45, 7) is 8.01. The minimum Gasteiger partial charge on any atom is -0.372 e. The van der Waals surface area contributed by atoms with Gasteiger partial charge in [0.1, 0.15) is 6.61 Å². The molecule has 0 saturated carbocycles. The van der Waals surface area contributed by atoms with Crippen molar-refractivity contribution in [1.82, 2.24) is 9.80 Å². The Hall–Kier alpha value is -1.39. The number of benzene rings is 1. The minimum atomic E-state index is 0.0928. The van der Waals surface area contributed by atoms with Crippen molar-refractivity contribution in [2.24, 2.45) is 5.92 Å². The molecular formula is C18H28N2O2. The molecule has 2 rings (SSSR count). The second-order valence-electron chi connectivity index (χ2n) is 6.20. The predicted molar refractivity (Wildman–Crippen MR) is 88.6 cm³/mol. The van der Waals surface area contributed by atoms with Crippen molar-refractivity contribution in [3.63, 3.8) is 0 Å². The largest absolute Gasteiger partial charge is 0.372 e. The van der Waals surface area contributed by atoms with Crippen LogP contribution >= 0.6 is 0 Å². The summed E-state index contributed by atoms with van der Waals surface area (Å²) in [6, 6.07) is 10.9. The first-order valence-corrected chi connectivity index (χ1v) is 8.21. The van der Waals surface area contributed by atoms with E-state index in [1.807, 2.05) is 18.9 Å². The lowest BCUT2D eigenvalue weighted by Gasteiger charge is -2.41. The third-order valence-corrected chi connectivity index (χ3v) is 4.51. The molecule has 1 fully saturated rings. The van der Waals surface area contributed by atoms with Crippen LogP contribution in [0.25, 0.3) is 0 Å². The van der Waals surface area contributed by atoms with Crippen LogP contribution in [0.3, 0.4) is 0 Å². The molecule has 1 aliphatic heterocycles. The monoisotopic (exact) mass is 304 g/mol. The molecule has 0 aliphatic carbocycles. The highest BCUT2D eigenvalue weighted by atomic mass is 16.5. The molecule has 0 radical (unpaired) electrons. The highest BCUT2D eigenvalue weighted by molar-refractivity contribution is 5.77. The summed E-state index contributed by atoms with van der Waals surface area (Å²) in [6.07, 6.45) is 1.03. The van der Waals surface area contributed by atoms with Gasteiger partial charge >= 0.3 is 0 Å². The van der Waals surface area contributed by atoms with Gasteiger partial charge in [0, 0.05) is 39.3 Å². The lowest BCUT2D eigenvalue weighted by molar-refractivity contribution is -0.138. The van der Waals surface area contributed by atoms with Crippen LogP contribution in [0.4, 0.5) is 0 Å². The second-order valence-corrected chi connectivity index (χ2v) is 6.20. The van der Waals surface area contributed by atoms with Crippen LogP contribution in [-0.4, -0.2) is 55.1 Å². The molecule has 2 atom stereocenters. The van der Waals surface area contributed by atoms with Gasteiger partial charge in [-0.15, -0.1) is 0 Å². The molecule has 0 spiro atoms. The number of carbonyl (C=O) groups excluding carboxylic acids is 1. The molecule has 1 aliphatic rings. The maximum atomic E-state index is 12.1. The molecule has 4 nitrogen and oxygen atoms in total. The van der Waals surface area contributed by atoms with Gasteiger partial charge in [0.15, 0.2) is 0 Å². The van der Waals surface area contributed by atoms with Gasteiger partial charge in [-0.05, 0) is 24.8 Å². The van der Waals surface area contributed by atoms with Gasteiger partial charge in [-0.1, -0.05) is 37.3 Å². The van der Waals surface area contributed by atoms with Crippen LogP contribution in [0.15, 0.2) is 30.3 Å². The number of nitrogens with zero attached hydrogens (tertiary/aromatic N) is 2. The fourth-order valence-corrected chi connectivity index (χ4v) is 3.26. The molecule has 1 heterocycles. The van der Waals surface area contributed by atoms with E-state index in [4.69, 9.17) is 4.74 Å². The minimum absolute atomic E-state index is 0.0928. The van der Waals surface area contributed by atoms with E-state index in [9.17, 15) is 4.79 Å². The number of rotatable bonds is 6. The van der Waals surface area contributed by atoms with E-state index < -0.39 is 0 Å². The van der Waals surface area contributed by atoms with Crippen molar-refractivity contribution in [3.8, 4) is 0 Å². The van der Waals surface area contributed by atoms with Crippen molar-refractivity contribution in [3.05, 3.63) is 35.9 Å². The zero-order valence-electron chi connectivity index (χ0n) is 14.0. The van der Waals surface area contributed by atoms with E-state index in [0.29, 0.717) is 18.6 Å². The molecule has 122 valence electrons. The van der Waals surface area contributed by atoms with E-state index in [0.717, 1.165) is 26.1 Å². The average Bonchev–Trinajstić information content (AvgIpc) is 2.53. The molecule has 0 N–H and O–H groups in total. The van der Waals surface area contributed by atoms with Crippen LogP contribution in [0.1, 0.15) is 25.8 Å². The summed E-state index contributed by atoms with van der Waals surface area (Å²) in [5.74, 6) is 0.572. The molecule has 1 amide bonds.